The number of hydrogen-bond acceptors (Lipinski definition) is 3. The molecule has 0 amide bonds. The maximum Gasteiger partial charge on any atom is 2.00 e. The molecule has 0 N–H and O–H groups in total. The Kier molecular flexibility index (Phi) is 82.8. The van der Waals surface area contributed by atoms with Gasteiger partial charge in [0.25, 0.3) is 0 Å². The molecular formula is BO3PSr3. The first-order valence-corrected chi connectivity index (χ1v) is 0.707. The second-order valence-corrected chi connectivity index (χ2v) is 0.289. The molecule has 8 heteroatoms. The van der Waals surface area contributed by atoms with Gasteiger partial charge in [-0.15, -0.1) is 0 Å². The third kappa shape index (κ3) is 44.9. The summed E-state index contributed by atoms with van der Waals surface area (Å²) in [5, 5.41) is 25.2. The Morgan fingerprint density at radius 3 is 0.750 bits per heavy atom. The van der Waals surface area contributed by atoms with E-state index in [1.54, 1.807) is 0 Å². The van der Waals surface area contributed by atoms with Crippen LogP contribution in [-0.4, -0.2) is 144 Å². The van der Waals surface area contributed by atoms with Crippen molar-refractivity contribution in [2.45, 2.75) is 0 Å². The van der Waals surface area contributed by atoms with Gasteiger partial charge >= 0.3 is 136 Å². The summed E-state index contributed by atoms with van der Waals surface area (Å²) in [6, 6.07) is 0. The molecule has 0 aromatic carbocycles. The van der Waals surface area contributed by atoms with Crippen molar-refractivity contribution in [1.82, 2.24) is 0 Å². The summed E-state index contributed by atoms with van der Waals surface area (Å²) in [6.07, 6.45) is 0. The van der Waals surface area contributed by atoms with E-state index in [2.05, 4.69) is 0 Å². The molecule has 0 unspecified atom stereocenters. The average molecular weight is 353 g/mol. The first-order chi connectivity index (χ1) is 1.73. The predicted molar refractivity (Wildman–Crippen MR) is 29.9 cm³/mol. The fourth-order valence-corrected chi connectivity index (χ4v) is 0. The Labute approximate surface area is 164 Å². The molecule has 0 spiro atoms. The largest absolute Gasteiger partial charge is 3.00 e. The average Bonchev–Trinajstić information content (AvgIpc) is 0.811. The summed E-state index contributed by atoms with van der Waals surface area (Å²) in [6.45, 7) is 0. The van der Waals surface area contributed by atoms with Crippen LogP contribution in [0, 0.1) is 0 Å². The fourth-order valence-electron chi connectivity index (χ4n) is 0. The predicted octanol–water partition coefficient (Wildman–Crippen LogP) is -4.23. The van der Waals surface area contributed by atoms with Crippen molar-refractivity contribution < 1.29 is 15.1 Å². The summed E-state index contributed by atoms with van der Waals surface area (Å²) in [7, 11) is -2.92. The summed E-state index contributed by atoms with van der Waals surface area (Å²) in [5.74, 6) is 0. The fraction of sp³-hybridized carbons (Fsp3) is 0. The molecule has 8 heavy (non-hydrogen) atoms. The first-order valence-electron chi connectivity index (χ1n) is 0.707. The van der Waals surface area contributed by atoms with Crippen LogP contribution in [0.2, 0.25) is 0 Å². The second-order valence-electron chi connectivity index (χ2n) is 0.289. The second kappa shape index (κ2) is 22.6. The van der Waals surface area contributed by atoms with E-state index in [1.165, 1.54) is 0 Å². The van der Waals surface area contributed by atoms with Crippen molar-refractivity contribution in [2.75, 3.05) is 0 Å². The van der Waals surface area contributed by atoms with Crippen molar-refractivity contribution >= 4 is 154 Å². The van der Waals surface area contributed by atoms with Crippen LogP contribution in [0.3, 0.4) is 0 Å². The maximum atomic E-state index is 8.42. The van der Waals surface area contributed by atoms with Gasteiger partial charge < -0.3 is 25.0 Å². The smallest absolute Gasteiger partial charge is 2.00 e. The first kappa shape index (κ1) is 29.3. The van der Waals surface area contributed by atoms with Crippen LogP contribution in [0.1, 0.15) is 0 Å². The topological polar surface area (TPSA) is 69.2 Å². The Morgan fingerprint density at radius 2 is 0.750 bits per heavy atom. The van der Waals surface area contributed by atoms with Gasteiger partial charge in [0.2, 0.25) is 0 Å². The van der Waals surface area contributed by atoms with Crippen molar-refractivity contribution in [3.8, 4) is 0 Å². The van der Waals surface area contributed by atoms with Gasteiger partial charge in [-0.3, -0.25) is 7.32 Å². The molecule has 0 saturated carbocycles. The van der Waals surface area contributed by atoms with Gasteiger partial charge in [-0.1, -0.05) is 0 Å². The quantitative estimate of drug-likeness (QED) is 0.328. The zero-order valence-corrected chi connectivity index (χ0v) is 15.7. The summed E-state index contributed by atoms with van der Waals surface area (Å²) in [5.41, 5.74) is 0. The molecular weight excluding hydrogens is 353 g/mol. The van der Waals surface area contributed by atoms with Crippen LogP contribution >= 0.6 is 9.90 Å². The Balaban J connectivity index is -0.00000000750. The Morgan fingerprint density at radius 1 is 0.750 bits per heavy atom. The van der Waals surface area contributed by atoms with Crippen molar-refractivity contribution in [1.29, 1.82) is 0 Å². The molecule has 0 bridgehead atoms. The minimum absolute atomic E-state index is 0. The van der Waals surface area contributed by atoms with E-state index in [-0.39, 0.29) is 146 Å². The van der Waals surface area contributed by atoms with E-state index >= 15 is 0 Å². The Bertz CT molecular complexity index is 19.2. The molecule has 3 nitrogen and oxygen atoms in total. The van der Waals surface area contributed by atoms with E-state index in [9.17, 15) is 0 Å². The number of rotatable bonds is 0. The molecule has 32 valence electrons. The van der Waals surface area contributed by atoms with Crippen LogP contribution in [0.4, 0.5) is 0 Å². The van der Waals surface area contributed by atoms with Gasteiger partial charge in [0.05, 0.1) is 0 Å². The SMILES string of the molecule is [O-]B([O-])[O-].[P-3].[Sr+2].[Sr+2].[Sr+2]. The third-order valence-corrected chi connectivity index (χ3v) is 0. The zero-order chi connectivity index (χ0) is 3.58. The molecule has 0 aromatic rings. The van der Waals surface area contributed by atoms with Crippen molar-refractivity contribution in [2.24, 2.45) is 0 Å². The van der Waals surface area contributed by atoms with Crippen LogP contribution in [-0.2, 0) is 0 Å². The van der Waals surface area contributed by atoms with Gasteiger partial charge in [-0.05, 0) is 0 Å². The molecule has 0 rings (SSSR count). The molecule has 0 aliphatic carbocycles. The summed E-state index contributed by atoms with van der Waals surface area (Å²) < 4.78 is 0. The monoisotopic (exact) mass is 354 g/mol. The van der Waals surface area contributed by atoms with Gasteiger partial charge in [0.15, 0.2) is 0 Å². The van der Waals surface area contributed by atoms with E-state index in [0.717, 1.165) is 0 Å². The molecule has 0 saturated heterocycles. The van der Waals surface area contributed by atoms with Gasteiger partial charge in [0.1, 0.15) is 0 Å². The van der Waals surface area contributed by atoms with Crippen LogP contribution in [0.25, 0.3) is 0 Å². The molecule has 0 radical (unpaired) electrons. The minimum atomic E-state index is -2.92. The van der Waals surface area contributed by atoms with Gasteiger partial charge in [0, 0.05) is 0 Å². The van der Waals surface area contributed by atoms with Crippen LogP contribution in [0.5, 0.6) is 0 Å². The number of hydrogen-bond donors (Lipinski definition) is 0. The van der Waals surface area contributed by atoms with Crippen LogP contribution in [0.15, 0.2) is 0 Å². The molecule has 0 atom stereocenters. The summed E-state index contributed by atoms with van der Waals surface area (Å²) in [4.78, 5) is 0. The molecule has 0 aromatic heterocycles. The third-order valence-electron chi connectivity index (χ3n) is 0. The van der Waals surface area contributed by atoms with E-state index in [1.807, 2.05) is 0 Å². The van der Waals surface area contributed by atoms with Crippen molar-refractivity contribution in [3.63, 3.8) is 0 Å². The molecule has 0 aliphatic heterocycles. The van der Waals surface area contributed by atoms with Gasteiger partial charge in [-0.2, -0.15) is 0 Å². The Hall–Kier alpha value is 4.82. The zero-order valence-electron chi connectivity index (χ0n) is 4.37. The molecule has 0 aliphatic rings. The van der Waals surface area contributed by atoms with Crippen LogP contribution < -0.4 is 15.1 Å². The van der Waals surface area contributed by atoms with E-state index in [4.69, 9.17) is 15.1 Å². The minimum Gasteiger partial charge on any atom is -3.00 e. The van der Waals surface area contributed by atoms with E-state index < -0.39 is 7.32 Å². The normalized spacial score (nSPS) is 3.38. The maximum absolute atomic E-state index is 8.42. The summed E-state index contributed by atoms with van der Waals surface area (Å²) >= 11 is 0. The van der Waals surface area contributed by atoms with Gasteiger partial charge in [-0.25, -0.2) is 0 Å². The molecule has 0 fully saturated rings. The molecule has 0 heterocycles. The van der Waals surface area contributed by atoms with Crippen molar-refractivity contribution in [3.05, 3.63) is 0 Å². The van der Waals surface area contributed by atoms with E-state index in [0.29, 0.717) is 0 Å². The standard InChI is InChI=1S/BO3.P.3Sr/c2-1(3)4;;;;/q2*-3;3*+2.